The van der Waals surface area contributed by atoms with Gasteiger partial charge in [0.2, 0.25) is 0 Å². The first-order valence-electron chi connectivity index (χ1n) is 4.88. The smallest absolute Gasteiger partial charge is 0.124 e. The zero-order valence-corrected chi connectivity index (χ0v) is 10.7. The summed E-state index contributed by atoms with van der Waals surface area (Å²) in [6.07, 6.45) is 1.49. The van der Waals surface area contributed by atoms with Gasteiger partial charge in [-0.1, -0.05) is 12.1 Å². The standard InChI is InChI=1S/C11H12IN3O/c12-8-3-1-7(2-4-8)5-10(16)9-6-14-15-11(9)13/h1-4,6,10,16H,5H2,(H3,13,14,15). The van der Waals surface area contributed by atoms with Crippen molar-refractivity contribution in [3.8, 4) is 0 Å². The summed E-state index contributed by atoms with van der Waals surface area (Å²) in [5, 5.41) is 16.4. The molecule has 0 aliphatic carbocycles. The fourth-order valence-corrected chi connectivity index (χ4v) is 1.88. The molecule has 1 aromatic heterocycles. The Bertz CT molecular complexity index is 466. The lowest BCUT2D eigenvalue weighted by atomic mass is 10.0. The van der Waals surface area contributed by atoms with Crippen molar-refractivity contribution >= 4 is 28.4 Å². The molecule has 0 amide bonds. The number of aliphatic hydroxyl groups excluding tert-OH is 1. The van der Waals surface area contributed by atoms with E-state index in [4.69, 9.17) is 5.73 Å². The van der Waals surface area contributed by atoms with E-state index in [9.17, 15) is 5.11 Å². The third-order valence-corrected chi connectivity index (χ3v) is 3.12. The fraction of sp³-hybridized carbons (Fsp3) is 0.182. The summed E-state index contributed by atoms with van der Waals surface area (Å²) in [4.78, 5) is 0. The van der Waals surface area contributed by atoms with E-state index < -0.39 is 6.10 Å². The third kappa shape index (κ3) is 2.53. The first-order chi connectivity index (χ1) is 7.66. The number of benzene rings is 1. The van der Waals surface area contributed by atoms with Crippen LogP contribution in [0.2, 0.25) is 0 Å². The molecule has 0 fully saturated rings. The minimum atomic E-state index is -0.612. The number of anilines is 1. The molecule has 2 rings (SSSR count). The number of nitrogen functional groups attached to an aromatic ring is 1. The van der Waals surface area contributed by atoms with Gasteiger partial charge >= 0.3 is 0 Å². The summed E-state index contributed by atoms with van der Waals surface area (Å²) < 4.78 is 1.18. The molecule has 0 bridgehead atoms. The summed E-state index contributed by atoms with van der Waals surface area (Å²) in [6.45, 7) is 0. The van der Waals surface area contributed by atoms with Crippen LogP contribution in [0.4, 0.5) is 5.82 Å². The number of aromatic nitrogens is 2. The Hall–Kier alpha value is -1.08. The minimum absolute atomic E-state index is 0.429. The Morgan fingerprint density at radius 1 is 1.38 bits per heavy atom. The van der Waals surface area contributed by atoms with E-state index in [0.29, 0.717) is 17.8 Å². The monoisotopic (exact) mass is 329 g/mol. The molecule has 0 saturated carbocycles. The van der Waals surface area contributed by atoms with Gasteiger partial charge in [0.05, 0.1) is 12.3 Å². The molecule has 0 saturated heterocycles. The number of hydrogen-bond acceptors (Lipinski definition) is 3. The Balaban J connectivity index is 2.10. The van der Waals surface area contributed by atoms with E-state index in [1.165, 1.54) is 3.57 Å². The van der Waals surface area contributed by atoms with E-state index in [-0.39, 0.29) is 0 Å². The SMILES string of the molecule is Nc1[nH]ncc1C(O)Cc1ccc(I)cc1. The highest BCUT2D eigenvalue weighted by atomic mass is 127. The van der Waals surface area contributed by atoms with Gasteiger partial charge in [-0.15, -0.1) is 0 Å². The predicted octanol–water partition coefficient (Wildman–Crippen LogP) is 1.87. The number of nitrogens with two attached hydrogens (primary N) is 1. The van der Waals surface area contributed by atoms with Crippen molar-refractivity contribution < 1.29 is 5.11 Å². The van der Waals surface area contributed by atoms with Crippen LogP contribution in [-0.2, 0) is 6.42 Å². The van der Waals surface area contributed by atoms with Crippen molar-refractivity contribution in [1.29, 1.82) is 0 Å². The summed E-state index contributed by atoms with van der Waals surface area (Å²) in [6, 6.07) is 8.03. The third-order valence-electron chi connectivity index (χ3n) is 2.40. The van der Waals surface area contributed by atoms with Crippen LogP contribution in [0.25, 0.3) is 0 Å². The summed E-state index contributed by atoms with van der Waals surface area (Å²) >= 11 is 2.25. The average Bonchev–Trinajstić information content (AvgIpc) is 2.68. The van der Waals surface area contributed by atoms with E-state index in [1.54, 1.807) is 6.20 Å². The van der Waals surface area contributed by atoms with Crippen LogP contribution in [0.1, 0.15) is 17.2 Å². The van der Waals surface area contributed by atoms with Gasteiger partial charge in [0.1, 0.15) is 5.82 Å². The molecule has 1 aromatic carbocycles. The van der Waals surface area contributed by atoms with E-state index in [0.717, 1.165) is 5.56 Å². The molecule has 1 unspecified atom stereocenters. The molecule has 0 aliphatic rings. The van der Waals surface area contributed by atoms with Gasteiger partial charge in [0.25, 0.3) is 0 Å². The lowest BCUT2D eigenvalue weighted by Gasteiger charge is -2.09. The number of aromatic amines is 1. The molecule has 4 N–H and O–H groups in total. The highest BCUT2D eigenvalue weighted by Gasteiger charge is 2.13. The number of aliphatic hydroxyl groups is 1. The number of rotatable bonds is 3. The Kier molecular flexibility index (Phi) is 3.45. The van der Waals surface area contributed by atoms with Gasteiger partial charge in [-0.05, 0) is 40.3 Å². The van der Waals surface area contributed by atoms with Crippen molar-refractivity contribution in [2.45, 2.75) is 12.5 Å². The Morgan fingerprint density at radius 2 is 2.06 bits per heavy atom. The zero-order valence-electron chi connectivity index (χ0n) is 8.52. The molecule has 1 atom stereocenters. The second kappa shape index (κ2) is 4.84. The van der Waals surface area contributed by atoms with Crippen LogP contribution in [0, 0.1) is 3.57 Å². The molecule has 2 aromatic rings. The van der Waals surface area contributed by atoms with Crippen LogP contribution >= 0.6 is 22.6 Å². The van der Waals surface area contributed by atoms with Crippen LogP contribution in [0.3, 0.4) is 0 Å². The van der Waals surface area contributed by atoms with E-state index in [2.05, 4.69) is 32.8 Å². The van der Waals surface area contributed by atoms with Crippen LogP contribution in [0.15, 0.2) is 30.5 Å². The van der Waals surface area contributed by atoms with Gasteiger partial charge in [0.15, 0.2) is 0 Å². The maximum Gasteiger partial charge on any atom is 0.124 e. The molecule has 1 heterocycles. The number of nitrogens with one attached hydrogen (secondary N) is 1. The topological polar surface area (TPSA) is 74.9 Å². The molecule has 0 radical (unpaired) electrons. The van der Waals surface area contributed by atoms with Crippen molar-refractivity contribution in [3.05, 3.63) is 45.2 Å². The van der Waals surface area contributed by atoms with Crippen LogP contribution in [0.5, 0.6) is 0 Å². The van der Waals surface area contributed by atoms with Crippen LogP contribution < -0.4 is 5.73 Å². The van der Waals surface area contributed by atoms with Gasteiger partial charge < -0.3 is 10.8 Å². The lowest BCUT2D eigenvalue weighted by Crippen LogP contribution is -2.03. The van der Waals surface area contributed by atoms with Crippen molar-refractivity contribution in [2.24, 2.45) is 0 Å². The largest absolute Gasteiger partial charge is 0.388 e. The van der Waals surface area contributed by atoms with Crippen molar-refractivity contribution in [2.75, 3.05) is 5.73 Å². The van der Waals surface area contributed by atoms with Gasteiger partial charge in [-0.25, -0.2) is 0 Å². The maximum atomic E-state index is 9.97. The van der Waals surface area contributed by atoms with E-state index in [1.807, 2.05) is 24.3 Å². The molecule has 84 valence electrons. The highest BCUT2D eigenvalue weighted by Crippen LogP contribution is 2.21. The molecule has 0 aliphatic heterocycles. The van der Waals surface area contributed by atoms with Crippen LogP contribution in [-0.4, -0.2) is 15.3 Å². The first kappa shape index (κ1) is 11.4. The van der Waals surface area contributed by atoms with Gasteiger partial charge in [-0.3, -0.25) is 5.10 Å². The molecule has 0 spiro atoms. The summed E-state index contributed by atoms with van der Waals surface area (Å²) in [7, 11) is 0. The molecular formula is C11H12IN3O. The van der Waals surface area contributed by atoms with E-state index >= 15 is 0 Å². The highest BCUT2D eigenvalue weighted by molar-refractivity contribution is 14.1. The summed E-state index contributed by atoms with van der Waals surface area (Å²) in [5.74, 6) is 0.429. The predicted molar refractivity (Wildman–Crippen MR) is 70.8 cm³/mol. The second-order valence-corrected chi connectivity index (χ2v) is 4.83. The Morgan fingerprint density at radius 3 is 2.62 bits per heavy atom. The summed E-state index contributed by atoms with van der Waals surface area (Å²) in [5.41, 5.74) is 7.37. The second-order valence-electron chi connectivity index (χ2n) is 3.59. The number of hydrogen-bond donors (Lipinski definition) is 3. The fourth-order valence-electron chi connectivity index (χ4n) is 1.52. The maximum absolute atomic E-state index is 9.97. The number of H-pyrrole nitrogens is 1. The quantitative estimate of drug-likeness (QED) is 0.753. The van der Waals surface area contributed by atoms with Crippen molar-refractivity contribution in [3.63, 3.8) is 0 Å². The van der Waals surface area contributed by atoms with Gasteiger partial charge in [0, 0.05) is 15.6 Å². The zero-order chi connectivity index (χ0) is 11.5. The minimum Gasteiger partial charge on any atom is -0.388 e. The Labute approximate surface area is 107 Å². The molecule has 5 heteroatoms. The lowest BCUT2D eigenvalue weighted by molar-refractivity contribution is 0.179. The number of halogens is 1. The first-order valence-corrected chi connectivity index (χ1v) is 5.96. The molecular weight excluding hydrogens is 317 g/mol. The van der Waals surface area contributed by atoms with Gasteiger partial charge in [-0.2, -0.15) is 5.10 Å². The normalized spacial score (nSPS) is 12.6. The molecule has 16 heavy (non-hydrogen) atoms. The number of nitrogens with zero attached hydrogens (tertiary/aromatic N) is 1. The molecule has 4 nitrogen and oxygen atoms in total. The van der Waals surface area contributed by atoms with Crippen molar-refractivity contribution in [1.82, 2.24) is 10.2 Å². The average molecular weight is 329 g/mol.